The first-order valence-electron chi connectivity index (χ1n) is 9.95. The third-order valence-corrected chi connectivity index (χ3v) is 4.38. The first kappa shape index (κ1) is 22.1. The lowest BCUT2D eigenvalue weighted by Gasteiger charge is -2.08. The summed E-state index contributed by atoms with van der Waals surface area (Å²) in [7, 11) is 0. The van der Waals surface area contributed by atoms with Crippen molar-refractivity contribution in [1.82, 2.24) is 20.1 Å². The highest BCUT2D eigenvalue weighted by molar-refractivity contribution is 6.02. The quantitative estimate of drug-likeness (QED) is 0.514. The molecule has 0 saturated carbocycles. The van der Waals surface area contributed by atoms with Crippen LogP contribution in [0.3, 0.4) is 0 Å². The van der Waals surface area contributed by atoms with Crippen molar-refractivity contribution >= 4 is 17.5 Å². The molecule has 0 saturated heterocycles. The standard InChI is InChI=1S/C22H24FN5O3/c1-3-31-13-5-12-24-21(29)16-6-4-7-18(14-16)26-22(30)20-25-15(2)28(27-20)19-10-8-17(23)9-11-19/h4,6-11,14H,3,5,12-13H2,1-2H3,(H,24,29)(H,26,30). The van der Waals surface area contributed by atoms with Crippen LogP contribution in [0.25, 0.3) is 5.69 Å². The molecule has 31 heavy (non-hydrogen) atoms. The lowest BCUT2D eigenvalue weighted by atomic mass is 10.2. The second-order valence-electron chi connectivity index (χ2n) is 6.71. The van der Waals surface area contributed by atoms with E-state index in [-0.39, 0.29) is 17.5 Å². The molecule has 0 fully saturated rings. The molecule has 1 heterocycles. The van der Waals surface area contributed by atoms with Gasteiger partial charge < -0.3 is 15.4 Å². The molecular weight excluding hydrogens is 401 g/mol. The monoisotopic (exact) mass is 425 g/mol. The van der Waals surface area contributed by atoms with Crippen LogP contribution in [0, 0.1) is 12.7 Å². The minimum Gasteiger partial charge on any atom is -0.382 e. The highest BCUT2D eigenvalue weighted by Crippen LogP contribution is 2.14. The topological polar surface area (TPSA) is 98.1 Å². The number of hydrogen-bond donors (Lipinski definition) is 2. The van der Waals surface area contributed by atoms with Gasteiger partial charge in [0.2, 0.25) is 5.82 Å². The molecule has 0 aliphatic carbocycles. The van der Waals surface area contributed by atoms with Gasteiger partial charge in [0, 0.05) is 31.0 Å². The van der Waals surface area contributed by atoms with E-state index in [0.717, 1.165) is 6.42 Å². The Bertz CT molecular complexity index is 1050. The van der Waals surface area contributed by atoms with E-state index in [1.807, 2.05) is 6.92 Å². The predicted octanol–water partition coefficient (Wildman–Crippen LogP) is 3.12. The van der Waals surface area contributed by atoms with Gasteiger partial charge in [0.25, 0.3) is 11.8 Å². The molecule has 0 atom stereocenters. The molecule has 9 heteroatoms. The van der Waals surface area contributed by atoms with Crippen LogP contribution in [0.4, 0.5) is 10.1 Å². The van der Waals surface area contributed by atoms with E-state index in [0.29, 0.717) is 42.5 Å². The molecule has 8 nitrogen and oxygen atoms in total. The van der Waals surface area contributed by atoms with E-state index in [9.17, 15) is 14.0 Å². The van der Waals surface area contributed by atoms with Crippen molar-refractivity contribution in [2.75, 3.05) is 25.1 Å². The van der Waals surface area contributed by atoms with Crippen molar-refractivity contribution in [2.24, 2.45) is 0 Å². The van der Waals surface area contributed by atoms with Crippen molar-refractivity contribution in [1.29, 1.82) is 0 Å². The number of amides is 2. The maximum absolute atomic E-state index is 13.1. The number of carbonyl (C=O) groups excluding carboxylic acids is 2. The van der Waals surface area contributed by atoms with Gasteiger partial charge in [0.1, 0.15) is 11.6 Å². The molecule has 0 radical (unpaired) electrons. The number of nitrogens with zero attached hydrogens (tertiary/aromatic N) is 3. The van der Waals surface area contributed by atoms with Crippen molar-refractivity contribution < 1.29 is 18.7 Å². The Kier molecular flexibility index (Phi) is 7.45. The van der Waals surface area contributed by atoms with Gasteiger partial charge in [-0.3, -0.25) is 9.59 Å². The SMILES string of the molecule is CCOCCCNC(=O)c1cccc(NC(=O)c2nc(C)n(-c3ccc(F)cc3)n2)c1. The van der Waals surface area contributed by atoms with E-state index in [2.05, 4.69) is 20.7 Å². The Labute approximate surface area is 179 Å². The molecule has 2 aromatic carbocycles. The van der Waals surface area contributed by atoms with Gasteiger partial charge in [-0.1, -0.05) is 6.07 Å². The molecule has 0 aliphatic rings. The summed E-state index contributed by atoms with van der Waals surface area (Å²) in [5.74, 6) is -0.664. The zero-order valence-corrected chi connectivity index (χ0v) is 17.4. The van der Waals surface area contributed by atoms with E-state index in [1.165, 1.54) is 16.8 Å². The maximum atomic E-state index is 13.1. The van der Waals surface area contributed by atoms with Crippen LogP contribution >= 0.6 is 0 Å². The van der Waals surface area contributed by atoms with Crippen molar-refractivity contribution in [3.05, 3.63) is 71.6 Å². The van der Waals surface area contributed by atoms with Gasteiger partial charge in [0.05, 0.1) is 5.69 Å². The van der Waals surface area contributed by atoms with Gasteiger partial charge >= 0.3 is 0 Å². The van der Waals surface area contributed by atoms with Crippen LogP contribution in [0.2, 0.25) is 0 Å². The summed E-state index contributed by atoms with van der Waals surface area (Å²) in [5.41, 5.74) is 1.46. The minimum atomic E-state index is -0.516. The lowest BCUT2D eigenvalue weighted by molar-refractivity contribution is 0.0942. The number of rotatable bonds is 9. The molecule has 0 aliphatic heterocycles. The van der Waals surface area contributed by atoms with Gasteiger partial charge in [-0.05, 0) is 62.7 Å². The minimum absolute atomic E-state index is 0.0346. The average molecular weight is 425 g/mol. The van der Waals surface area contributed by atoms with Crippen LogP contribution in [0.1, 0.15) is 40.1 Å². The molecule has 2 amide bonds. The third-order valence-electron chi connectivity index (χ3n) is 4.38. The van der Waals surface area contributed by atoms with Crippen LogP contribution in [-0.2, 0) is 4.74 Å². The number of nitrogens with one attached hydrogen (secondary N) is 2. The number of aromatic nitrogens is 3. The van der Waals surface area contributed by atoms with Crippen molar-refractivity contribution in [3.8, 4) is 5.69 Å². The molecule has 3 aromatic rings. The molecule has 162 valence electrons. The van der Waals surface area contributed by atoms with Crippen LogP contribution in [0.15, 0.2) is 48.5 Å². The molecule has 2 N–H and O–H groups in total. The summed E-state index contributed by atoms with van der Waals surface area (Å²) in [6, 6.07) is 12.3. The summed E-state index contributed by atoms with van der Waals surface area (Å²) in [4.78, 5) is 29.1. The van der Waals surface area contributed by atoms with Gasteiger partial charge in [-0.25, -0.2) is 14.1 Å². The molecule has 0 spiro atoms. The zero-order chi connectivity index (χ0) is 22.2. The summed E-state index contributed by atoms with van der Waals surface area (Å²) in [5, 5.41) is 9.73. The van der Waals surface area contributed by atoms with Gasteiger partial charge in [-0.15, -0.1) is 5.10 Å². The van der Waals surface area contributed by atoms with Crippen molar-refractivity contribution in [3.63, 3.8) is 0 Å². The first-order chi connectivity index (χ1) is 15.0. The average Bonchev–Trinajstić information content (AvgIpc) is 3.16. The summed E-state index contributed by atoms with van der Waals surface area (Å²) < 4.78 is 19.8. The van der Waals surface area contributed by atoms with Crippen LogP contribution in [0.5, 0.6) is 0 Å². The summed E-state index contributed by atoms with van der Waals surface area (Å²) in [6.45, 7) is 5.35. The van der Waals surface area contributed by atoms with Gasteiger partial charge in [0.15, 0.2) is 0 Å². The Balaban J connectivity index is 1.64. The molecule has 0 unspecified atom stereocenters. The van der Waals surface area contributed by atoms with Crippen LogP contribution < -0.4 is 10.6 Å². The third kappa shape index (κ3) is 5.95. The Morgan fingerprint density at radius 3 is 2.65 bits per heavy atom. The Morgan fingerprint density at radius 2 is 1.90 bits per heavy atom. The largest absolute Gasteiger partial charge is 0.382 e. The fourth-order valence-electron chi connectivity index (χ4n) is 2.86. The highest BCUT2D eigenvalue weighted by atomic mass is 19.1. The summed E-state index contributed by atoms with van der Waals surface area (Å²) in [6.07, 6.45) is 0.720. The maximum Gasteiger partial charge on any atom is 0.295 e. The smallest absolute Gasteiger partial charge is 0.295 e. The van der Waals surface area contributed by atoms with Gasteiger partial charge in [-0.2, -0.15) is 0 Å². The van der Waals surface area contributed by atoms with E-state index >= 15 is 0 Å². The number of ether oxygens (including phenoxy) is 1. The zero-order valence-electron chi connectivity index (χ0n) is 17.4. The lowest BCUT2D eigenvalue weighted by Crippen LogP contribution is -2.25. The molecule has 0 bridgehead atoms. The highest BCUT2D eigenvalue weighted by Gasteiger charge is 2.16. The number of anilines is 1. The van der Waals surface area contributed by atoms with E-state index in [4.69, 9.17) is 4.74 Å². The number of carbonyl (C=O) groups is 2. The second kappa shape index (κ2) is 10.4. The number of benzene rings is 2. The van der Waals surface area contributed by atoms with E-state index in [1.54, 1.807) is 43.3 Å². The summed E-state index contributed by atoms with van der Waals surface area (Å²) >= 11 is 0. The number of hydrogen-bond acceptors (Lipinski definition) is 5. The molecule has 3 rings (SSSR count). The predicted molar refractivity (Wildman–Crippen MR) is 114 cm³/mol. The van der Waals surface area contributed by atoms with Crippen molar-refractivity contribution in [2.45, 2.75) is 20.3 Å². The Hall–Kier alpha value is -3.59. The van der Waals surface area contributed by atoms with E-state index < -0.39 is 5.91 Å². The fourth-order valence-corrected chi connectivity index (χ4v) is 2.86. The number of halogens is 1. The normalized spacial score (nSPS) is 10.7. The number of aryl methyl sites for hydroxylation is 1. The van der Waals surface area contributed by atoms with Crippen LogP contribution in [-0.4, -0.2) is 46.3 Å². The molecular formula is C22H24FN5O3. The second-order valence-corrected chi connectivity index (χ2v) is 6.71. The fraction of sp³-hybridized carbons (Fsp3) is 0.273. The Morgan fingerprint density at radius 1 is 1.13 bits per heavy atom. The molecule has 1 aromatic heterocycles. The first-order valence-corrected chi connectivity index (χ1v) is 9.95.